The Kier molecular flexibility index (Phi) is 5.45. The minimum absolute atomic E-state index is 0.0904. The van der Waals surface area contributed by atoms with Crippen molar-refractivity contribution < 1.29 is 23.1 Å². The van der Waals surface area contributed by atoms with Crippen molar-refractivity contribution in [3.63, 3.8) is 0 Å². The van der Waals surface area contributed by atoms with E-state index in [0.29, 0.717) is 0 Å². The van der Waals surface area contributed by atoms with Gasteiger partial charge in [0.1, 0.15) is 11.9 Å². The standard InChI is InChI=1S/C21H18NO6P/c23-22(24)18-11-13-19(14-12-18)27-29(25)26-15-20(16-7-3-1-4-8-16)21(28-29)17-9-5-2-6-10-17/h1-14,20-21H,15H2/t20-,21+,29+/m1/s1. The quantitative estimate of drug-likeness (QED) is 0.306. The van der Waals surface area contributed by atoms with Crippen LogP contribution in [0, 0.1) is 10.1 Å². The lowest BCUT2D eigenvalue weighted by atomic mass is 9.90. The van der Waals surface area contributed by atoms with Crippen LogP contribution < -0.4 is 4.52 Å². The van der Waals surface area contributed by atoms with Crippen molar-refractivity contribution in [1.82, 2.24) is 0 Å². The van der Waals surface area contributed by atoms with Gasteiger partial charge >= 0.3 is 7.82 Å². The molecule has 8 heteroatoms. The van der Waals surface area contributed by atoms with Crippen molar-refractivity contribution in [3.8, 4) is 5.75 Å². The molecule has 0 amide bonds. The van der Waals surface area contributed by atoms with Crippen LogP contribution in [0.15, 0.2) is 84.9 Å². The van der Waals surface area contributed by atoms with Crippen LogP contribution in [0.5, 0.6) is 5.75 Å². The average Bonchev–Trinajstić information content (AvgIpc) is 2.75. The predicted octanol–water partition coefficient (Wildman–Crippen LogP) is 5.65. The summed E-state index contributed by atoms with van der Waals surface area (Å²) in [5, 5.41) is 10.8. The molecule has 1 fully saturated rings. The van der Waals surface area contributed by atoms with Crippen molar-refractivity contribution >= 4 is 13.5 Å². The lowest BCUT2D eigenvalue weighted by molar-refractivity contribution is -0.384. The van der Waals surface area contributed by atoms with Gasteiger partial charge in [-0.3, -0.25) is 19.2 Å². The summed E-state index contributed by atoms with van der Waals surface area (Å²) in [4.78, 5) is 10.3. The van der Waals surface area contributed by atoms with E-state index in [-0.39, 0.29) is 24.0 Å². The Morgan fingerprint density at radius 1 is 0.897 bits per heavy atom. The molecule has 29 heavy (non-hydrogen) atoms. The zero-order chi connectivity index (χ0) is 20.3. The van der Waals surface area contributed by atoms with Gasteiger partial charge in [-0.1, -0.05) is 60.7 Å². The van der Waals surface area contributed by atoms with E-state index in [2.05, 4.69) is 0 Å². The predicted molar refractivity (Wildman–Crippen MR) is 107 cm³/mol. The smallest absolute Gasteiger partial charge is 0.404 e. The maximum Gasteiger partial charge on any atom is 0.530 e. The highest BCUT2D eigenvalue weighted by molar-refractivity contribution is 7.49. The molecule has 0 aliphatic carbocycles. The molecule has 1 aliphatic rings. The van der Waals surface area contributed by atoms with Crippen molar-refractivity contribution in [2.24, 2.45) is 0 Å². The molecule has 4 rings (SSSR count). The maximum absolute atomic E-state index is 13.2. The van der Waals surface area contributed by atoms with Crippen LogP contribution in [0.4, 0.5) is 5.69 Å². The number of benzene rings is 3. The Hall–Kier alpha value is -2.99. The summed E-state index contributed by atoms with van der Waals surface area (Å²) in [6.07, 6.45) is -0.531. The largest absolute Gasteiger partial charge is 0.530 e. The minimum Gasteiger partial charge on any atom is -0.404 e. The molecule has 0 spiro atoms. The summed E-state index contributed by atoms with van der Waals surface area (Å²) in [7, 11) is -3.92. The summed E-state index contributed by atoms with van der Waals surface area (Å²) in [5.74, 6) is 0.00467. The Bertz CT molecular complexity index is 1030. The number of phosphoric ester groups is 1. The molecule has 0 unspecified atom stereocenters. The first-order chi connectivity index (χ1) is 14.0. The van der Waals surface area contributed by atoms with Crippen LogP contribution in [0.2, 0.25) is 0 Å². The van der Waals surface area contributed by atoms with Gasteiger partial charge in [0.25, 0.3) is 5.69 Å². The second kappa shape index (κ2) is 8.17. The van der Waals surface area contributed by atoms with Gasteiger partial charge in [-0.15, -0.1) is 0 Å². The zero-order valence-corrected chi connectivity index (χ0v) is 16.2. The van der Waals surface area contributed by atoms with Crippen LogP contribution in [-0.2, 0) is 13.6 Å². The van der Waals surface area contributed by atoms with Crippen LogP contribution in [-0.4, -0.2) is 11.5 Å². The third-order valence-corrected chi connectivity index (χ3v) is 6.03. The molecular weight excluding hydrogens is 393 g/mol. The molecule has 0 radical (unpaired) electrons. The fourth-order valence-electron chi connectivity index (χ4n) is 3.21. The van der Waals surface area contributed by atoms with E-state index in [4.69, 9.17) is 13.6 Å². The van der Waals surface area contributed by atoms with E-state index in [1.807, 2.05) is 60.7 Å². The van der Waals surface area contributed by atoms with Crippen molar-refractivity contribution in [1.29, 1.82) is 0 Å². The molecule has 1 aliphatic heterocycles. The molecule has 3 aromatic rings. The lowest BCUT2D eigenvalue weighted by Gasteiger charge is -2.35. The van der Waals surface area contributed by atoms with Crippen LogP contribution >= 0.6 is 7.82 Å². The van der Waals surface area contributed by atoms with Crippen molar-refractivity contribution in [2.45, 2.75) is 12.0 Å². The number of nitro groups is 1. The van der Waals surface area contributed by atoms with E-state index in [1.54, 1.807) is 0 Å². The molecule has 3 aromatic carbocycles. The second-order valence-corrected chi connectivity index (χ2v) is 8.09. The summed E-state index contributed by atoms with van der Waals surface area (Å²) >= 11 is 0. The van der Waals surface area contributed by atoms with Crippen LogP contribution in [0.25, 0.3) is 0 Å². The normalized spacial score (nSPS) is 24.0. The number of hydrogen-bond donors (Lipinski definition) is 0. The number of rotatable bonds is 5. The molecular formula is C21H18NO6P. The number of phosphoric acid groups is 1. The molecule has 0 N–H and O–H groups in total. The monoisotopic (exact) mass is 411 g/mol. The molecule has 1 heterocycles. The molecule has 0 bridgehead atoms. The van der Waals surface area contributed by atoms with Gasteiger partial charge in [-0.05, 0) is 23.3 Å². The van der Waals surface area contributed by atoms with Gasteiger partial charge in [-0.2, -0.15) is 0 Å². The highest BCUT2D eigenvalue weighted by atomic mass is 31.2. The minimum atomic E-state index is -3.92. The van der Waals surface area contributed by atoms with E-state index in [9.17, 15) is 14.7 Å². The fraction of sp³-hybridized carbons (Fsp3) is 0.143. The topological polar surface area (TPSA) is 87.9 Å². The molecule has 1 saturated heterocycles. The Morgan fingerprint density at radius 2 is 1.48 bits per heavy atom. The van der Waals surface area contributed by atoms with Crippen molar-refractivity contribution in [2.75, 3.05) is 6.61 Å². The first-order valence-electron chi connectivity index (χ1n) is 9.01. The number of hydrogen-bond acceptors (Lipinski definition) is 6. The Labute approximate surface area is 167 Å². The molecule has 0 saturated carbocycles. The van der Waals surface area contributed by atoms with Gasteiger partial charge in [0, 0.05) is 18.1 Å². The first-order valence-corrected chi connectivity index (χ1v) is 10.5. The third-order valence-electron chi connectivity index (χ3n) is 4.64. The lowest BCUT2D eigenvalue weighted by Crippen LogP contribution is -2.25. The number of nitrogens with zero attached hydrogens (tertiary/aromatic N) is 1. The van der Waals surface area contributed by atoms with Gasteiger partial charge in [0.2, 0.25) is 0 Å². The van der Waals surface area contributed by atoms with Crippen LogP contribution in [0.1, 0.15) is 23.1 Å². The highest BCUT2D eigenvalue weighted by Crippen LogP contribution is 2.59. The van der Waals surface area contributed by atoms with Gasteiger partial charge < -0.3 is 4.52 Å². The van der Waals surface area contributed by atoms with E-state index in [0.717, 1.165) is 11.1 Å². The number of nitro benzene ring substituents is 1. The van der Waals surface area contributed by atoms with Crippen LogP contribution in [0.3, 0.4) is 0 Å². The molecule has 148 valence electrons. The van der Waals surface area contributed by atoms with Crippen molar-refractivity contribution in [3.05, 3.63) is 106 Å². The van der Waals surface area contributed by atoms with Gasteiger partial charge in [0.15, 0.2) is 0 Å². The van der Waals surface area contributed by atoms with E-state index >= 15 is 0 Å². The summed E-state index contributed by atoms with van der Waals surface area (Å²) in [5.41, 5.74) is 1.77. The zero-order valence-electron chi connectivity index (χ0n) is 15.3. The summed E-state index contributed by atoms with van der Waals surface area (Å²) in [6, 6.07) is 24.5. The Morgan fingerprint density at radius 3 is 2.07 bits per heavy atom. The summed E-state index contributed by atoms with van der Waals surface area (Å²) in [6.45, 7) is 0.147. The Balaban J connectivity index is 1.60. The highest BCUT2D eigenvalue weighted by Gasteiger charge is 2.43. The first kappa shape index (κ1) is 19.3. The van der Waals surface area contributed by atoms with Gasteiger partial charge in [-0.25, -0.2) is 4.57 Å². The van der Waals surface area contributed by atoms with E-state index in [1.165, 1.54) is 24.3 Å². The second-order valence-electron chi connectivity index (χ2n) is 6.54. The van der Waals surface area contributed by atoms with E-state index < -0.39 is 18.8 Å². The molecule has 7 nitrogen and oxygen atoms in total. The molecule has 3 atom stereocenters. The fourth-order valence-corrected chi connectivity index (χ4v) is 4.64. The number of non-ortho nitro benzene ring substituents is 1. The maximum atomic E-state index is 13.2. The third kappa shape index (κ3) is 4.38. The average molecular weight is 411 g/mol. The van der Waals surface area contributed by atoms with Gasteiger partial charge in [0.05, 0.1) is 11.5 Å². The SMILES string of the molecule is O=[N+]([O-])c1ccc(O[P@]2(=O)OC[C@H](c3ccccc3)[C@H](c3ccccc3)O2)cc1. The molecule has 0 aromatic heterocycles. The summed E-state index contributed by atoms with van der Waals surface area (Å²) < 4.78 is 30.1.